The molecule has 0 atom stereocenters. The van der Waals surface area contributed by atoms with Gasteiger partial charge in [-0.05, 0) is 38.1 Å². The third-order valence-electron chi connectivity index (χ3n) is 2.61. The molecule has 1 fully saturated rings. The summed E-state index contributed by atoms with van der Waals surface area (Å²) in [5.74, 6) is 0.715. The van der Waals surface area contributed by atoms with E-state index in [2.05, 4.69) is 21.7 Å². The second kappa shape index (κ2) is 4.76. The van der Waals surface area contributed by atoms with Crippen molar-refractivity contribution in [2.45, 2.75) is 18.9 Å². The van der Waals surface area contributed by atoms with Crippen molar-refractivity contribution < 1.29 is 0 Å². The second-order valence-corrected chi connectivity index (χ2v) is 3.68. The molecule has 0 aromatic carbocycles. The van der Waals surface area contributed by atoms with E-state index in [9.17, 15) is 0 Å². The van der Waals surface area contributed by atoms with Gasteiger partial charge in [0.2, 0.25) is 0 Å². The topological polar surface area (TPSA) is 60.7 Å². The van der Waals surface area contributed by atoms with Crippen LogP contribution in [0.5, 0.6) is 0 Å². The molecule has 0 radical (unpaired) electrons. The van der Waals surface area contributed by atoms with Crippen LogP contribution >= 0.6 is 0 Å². The fourth-order valence-corrected chi connectivity index (χ4v) is 1.77. The summed E-state index contributed by atoms with van der Waals surface area (Å²) in [6.07, 6.45) is 3.88. The Bertz CT molecular complexity index is 363. The van der Waals surface area contributed by atoms with Crippen LogP contribution in [0.15, 0.2) is 18.3 Å². The predicted molar refractivity (Wildman–Crippen MR) is 58.5 cm³/mol. The van der Waals surface area contributed by atoms with Crippen molar-refractivity contribution in [3.63, 3.8) is 0 Å². The molecule has 0 bridgehead atoms. The molecule has 1 saturated heterocycles. The summed E-state index contributed by atoms with van der Waals surface area (Å²) in [5, 5.41) is 15.5. The van der Waals surface area contributed by atoms with Crippen molar-refractivity contribution in [3.05, 3.63) is 23.9 Å². The summed E-state index contributed by atoms with van der Waals surface area (Å²) >= 11 is 0. The van der Waals surface area contributed by atoms with E-state index in [1.165, 1.54) is 0 Å². The van der Waals surface area contributed by atoms with Crippen molar-refractivity contribution in [3.8, 4) is 6.07 Å². The van der Waals surface area contributed by atoms with Gasteiger partial charge in [0.05, 0.1) is 5.56 Å². The number of nitrogens with one attached hydrogen (secondary N) is 2. The fourth-order valence-electron chi connectivity index (χ4n) is 1.77. The Balaban J connectivity index is 2.06. The lowest BCUT2D eigenvalue weighted by atomic mass is 10.1. The van der Waals surface area contributed by atoms with E-state index in [1.807, 2.05) is 0 Å². The molecule has 0 spiro atoms. The predicted octanol–water partition coefficient (Wildman–Crippen LogP) is 1.12. The van der Waals surface area contributed by atoms with Crippen molar-refractivity contribution in [2.24, 2.45) is 0 Å². The Morgan fingerprint density at radius 2 is 2.27 bits per heavy atom. The molecule has 0 amide bonds. The van der Waals surface area contributed by atoms with Gasteiger partial charge in [-0.1, -0.05) is 0 Å². The summed E-state index contributed by atoms with van der Waals surface area (Å²) in [5.41, 5.74) is 0.621. The first kappa shape index (κ1) is 9.94. The number of piperidine rings is 1. The molecule has 0 aliphatic carbocycles. The third-order valence-corrected chi connectivity index (χ3v) is 2.61. The van der Waals surface area contributed by atoms with Gasteiger partial charge in [0.15, 0.2) is 0 Å². The van der Waals surface area contributed by atoms with Crippen LogP contribution in [0.1, 0.15) is 18.4 Å². The molecule has 2 N–H and O–H groups in total. The minimum absolute atomic E-state index is 0.438. The van der Waals surface area contributed by atoms with E-state index in [1.54, 1.807) is 18.3 Å². The molecule has 2 rings (SSSR count). The van der Waals surface area contributed by atoms with Crippen molar-refractivity contribution >= 4 is 5.82 Å². The lowest BCUT2D eigenvalue weighted by molar-refractivity contribution is 0.478. The number of hydrogen-bond acceptors (Lipinski definition) is 4. The Hall–Kier alpha value is -1.60. The van der Waals surface area contributed by atoms with E-state index in [0.29, 0.717) is 17.4 Å². The minimum atomic E-state index is 0.438. The van der Waals surface area contributed by atoms with E-state index in [4.69, 9.17) is 5.26 Å². The van der Waals surface area contributed by atoms with Crippen LogP contribution in [-0.4, -0.2) is 24.1 Å². The molecule has 78 valence electrons. The number of aromatic nitrogens is 1. The largest absolute Gasteiger partial charge is 0.366 e. The van der Waals surface area contributed by atoms with Gasteiger partial charge in [0, 0.05) is 12.2 Å². The maximum absolute atomic E-state index is 8.91. The van der Waals surface area contributed by atoms with Crippen LogP contribution < -0.4 is 10.6 Å². The second-order valence-electron chi connectivity index (χ2n) is 3.68. The van der Waals surface area contributed by atoms with Gasteiger partial charge in [0.1, 0.15) is 11.9 Å². The van der Waals surface area contributed by atoms with Crippen LogP contribution in [0.2, 0.25) is 0 Å². The van der Waals surface area contributed by atoms with Crippen LogP contribution in [0.3, 0.4) is 0 Å². The highest BCUT2D eigenvalue weighted by Crippen LogP contribution is 2.14. The first-order valence-electron chi connectivity index (χ1n) is 5.22. The zero-order valence-electron chi connectivity index (χ0n) is 8.53. The molecule has 1 aromatic heterocycles. The van der Waals surface area contributed by atoms with E-state index < -0.39 is 0 Å². The number of nitriles is 1. The average Bonchev–Trinajstić information content (AvgIpc) is 2.31. The smallest absolute Gasteiger partial charge is 0.144 e. The van der Waals surface area contributed by atoms with Crippen molar-refractivity contribution in [1.82, 2.24) is 10.3 Å². The Morgan fingerprint density at radius 1 is 1.47 bits per heavy atom. The monoisotopic (exact) mass is 202 g/mol. The van der Waals surface area contributed by atoms with Gasteiger partial charge in [-0.15, -0.1) is 0 Å². The van der Waals surface area contributed by atoms with Crippen LogP contribution in [0.4, 0.5) is 5.82 Å². The number of rotatable bonds is 2. The Morgan fingerprint density at radius 3 is 3.00 bits per heavy atom. The van der Waals surface area contributed by atoms with Gasteiger partial charge in [0.25, 0.3) is 0 Å². The van der Waals surface area contributed by atoms with Crippen molar-refractivity contribution in [1.29, 1.82) is 5.26 Å². The van der Waals surface area contributed by atoms with Crippen LogP contribution in [0.25, 0.3) is 0 Å². The molecule has 2 heterocycles. The summed E-state index contributed by atoms with van der Waals surface area (Å²) in [6, 6.07) is 6.15. The third kappa shape index (κ3) is 2.45. The zero-order valence-corrected chi connectivity index (χ0v) is 8.53. The SMILES string of the molecule is N#Cc1cccnc1NC1CCNCC1. The van der Waals surface area contributed by atoms with E-state index in [0.717, 1.165) is 25.9 Å². The first-order valence-corrected chi connectivity index (χ1v) is 5.22. The summed E-state index contributed by atoms with van der Waals surface area (Å²) < 4.78 is 0. The number of hydrogen-bond donors (Lipinski definition) is 2. The number of pyridine rings is 1. The molecule has 15 heavy (non-hydrogen) atoms. The summed E-state index contributed by atoms with van der Waals surface area (Å²) in [7, 11) is 0. The maximum atomic E-state index is 8.91. The van der Waals surface area contributed by atoms with Crippen LogP contribution in [0, 0.1) is 11.3 Å². The minimum Gasteiger partial charge on any atom is -0.366 e. The highest BCUT2D eigenvalue weighted by Gasteiger charge is 2.14. The van der Waals surface area contributed by atoms with E-state index >= 15 is 0 Å². The van der Waals surface area contributed by atoms with Crippen molar-refractivity contribution in [2.75, 3.05) is 18.4 Å². The molecular weight excluding hydrogens is 188 g/mol. The number of anilines is 1. The average molecular weight is 202 g/mol. The fraction of sp³-hybridized carbons (Fsp3) is 0.455. The zero-order chi connectivity index (χ0) is 10.5. The molecular formula is C11H14N4. The normalized spacial score (nSPS) is 17.0. The highest BCUT2D eigenvalue weighted by atomic mass is 15.0. The molecule has 1 aliphatic rings. The maximum Gasteiger partial charge on any atom is 0.144 e. The lowest BCUT2D eigenvalue weighted by Crippen LogP contribution is -2.35. The summed E-state index contributed by atoms with van der Waals surface area (Å²) in [4.78, 5) is 4.19. The molecule has 1 aromatic rings. The van der Waals surface area contributed by atoms with Gasteiger partial charge in [-0.25, -0.2) is 4.98 Å². The standard InChI is InChI=1S/C11H14N4/c12-8-9-2-1-5-14-11(9)15-10-3-6-13-7-4-10/h1-2,5,10,13H,3-4,6-7H2,(H,14,15). The van der Waals surface area contributed by atoms with Gasteiger partial charge in [-0.2, -0.15) is 5.26 Å². The van der Waals surface area contributed by atoms with Gasteiger partial charge >= 0.3 is 0 Å². The Kier molecular flexibility index (Phi) is 3.15. The molecule has 1 aliphatic heterocycles. The molecule has 4 nitrogen and oxygen atoms in total. The Labute approximate surface area is 89.3 Å². The molecule has 0 unspecified atom stereocenters. The van der Waals surface area contributed by atoms with Crippen LogP contribution in [-0.2, 0) is 0 Å². The molecule has 4 heteroatoms. The first-order chi connectivity index (χ1) is 7.40. The lowest BCUT2D eigenvalue weighted by Gasteiger charge is -2.24. The van der Waals surface area contributed by atoms with Gasteiger partial charge in [-0.3, -0.25) is 0 Å². The summed E-state index contributed by atoms with van der Waals surface area (Å²) in [6.45, 7) is 2.07. The quantitative estimate of drug-likeness (QED) is 0.754. The number of nitrogens with zero attached hydrogens (tertiary/aromatic N) is 2. The molecule has 0 saturated carbocycles. The van der Waals surface area contributed by atoms with E-state index in [-0.39, 0.29) is 0 Å². The highest BCUT2D eigenvalue weighted by molar-refractivity contribution is 5.51. The van der Waals surface area contributed by atoms with Gasteiger partial charge < -0.3 is 10.6 Å².